The molecule has 0 aliphatic rings. The van der Waals surface area contributed by atoms with Crippen molar-refractivity contribution in [2.24, 2.45) is 5.92 Å². The molecule has 0 bridgehead atoms. The van der Waals surface area contributed by atoms with E-state index in [-0.39, 0.29) is 5.92 Å². The topological polar surface area (TPSA) is 12.0 Å². The smallest absolute Gasteiger partial charge is 0.309 e. The van der Waals surface area contributed by atoms with Crippen LogP contribution in [-0.4, -0.2) is 21.3 Å². The lowest BCUT2D eigenvalue weighted by Crippen LogP contribution is -2.49. The third-order valence-electron chi connectivity index (χ3n) is 1.44. The third kappa shape index (κ3) is 3.76. The van der Waals surface area contributed by atoms with Gasteiger partial charge in [0.15, 0.2) is 0 Å². The van der Waals surface area contributed by atoms with E-state index in [4.69, 9.17) is 0 Å². The number of nitrogens with one attached hydrogen (secondary N) is 1. The maximum absolute atomic E-state index is 12.2. The molecular weight excluding hydrogens is 171 g/mol. The molecule has 0 fully saturated rings. The summed E-state index contributed by atoms with van der Waals surface area (Å²) < 4.78 is 36.7. The van der Waals surface area contributed by atoms with Crippen molar-refractivity contribution in [3.8, 4) is 0 Å². The Balaban J connectivity index is 4.10. The lowest BCUT2D eigenvalue weighted by atomic mass is 10.2. The van der Waals surface area contributed by atoms with Gasteiger partial charge in [0.1, 0.15) is 0 Å². The molecule has 11 heavy (non-hydrogen) atoms. The molecule has 1 atom stereocenters. The van der Waals surface area contributed by atoms with Crippen molar-refractivity contribution < 1.29 is 12.3 Å². The van der Waals surface area contributed by atoms with Crippen LogP contribution in [0, 0.1) is 5.92 Å². The van der Waals surface area contributed by atoms with E-state index in [0.29, 0.717) is 6.54 Å². The van der Waals surface area contributed by atoms with E-state index in [1.54, 1.807) is 20.8 Å². The first-order valence-corrected chi connectivity index (χ1v) is 5.40. The molecule has 1 nitrogen and oxygen atoms in total. The van der Waals surface area contributed by atoms with Gasteiger partial charge in [-0.2, -0.15) is 0 Å². The SMILES string of the molecule is CCNC(C(C)C)[Si](F)(F)F. The zero-order valence-electron chi connectivity index (χ0n) is 7.00. The molecule has 0 aliphatic carbocycles. The summed E-state index contributed by atoms with van der Waals surface area (Å²) in [5.41, 5.74) is -1.23. The predicted molar refractivity (Wildman–Crippen MR) is 41.4 cm³/mol. The van der Waals surface area contributed by atoms with Gasteiger partial charge >= 0.3 is 9.08 Å². The van der Waals surface area contributed by atoms with Gasteiger partial charge in [0.2, 0.25) is 0 Å². The van der Waals surface area contributed by atoms with Crippen molar-refractivity contribution in [2.75, 3.05) is 6.54 Å². The predicted octanol–water partition coefficient (Wildman–Crippen LogP) is 2.01. The quantitative estimate of drug-likeness (QED) is 0.522. The minimum atomic E-state index is -5.48. The average Bonchev–Trinajstić information content (AvgIpc) is 1.79. The average molecular weight is 185 g/mol. The molecule has 1 N–H and O–H groups in total. The molecule has 0 amide bonds. The highest BCUT2D eigenvalue weighted by molar-refractivity contribution is 6.60. The first kappa shape index (κ1) is 11.0. The maximum atomic E-state index is 12.2. The molecule has 0 saturated carbocycles. The molecule has 0 aromatic carbocycles. The minimum Gasteiger partial charge on any atom is -0.309 e. The van der Waals surface area contributed by atoms with Crippen LogP contribution in [0.25, 0.3) is 0 Å². The van der Waals surface area contributed by atoms with Gasteiger partial charge in [-0.05, 0) is 12.5 Å². The molecule has 0 aromatic heterocycles. The van der Waals surface area contributed by atoms with Gasteiger partial charge in [0.25, 0.3) is 0 Å². The van der Waals surface area contributed by atoms with E-state index in [2.05, 4.69) is 5.32 Å². The maximum Gasteiger partial charge on any atom is 0.634 e. The Morgan fingerprint density at radius 3 is 1.82 bits per heavy atom. The van der Waals surface area contributed by atoms with Gasteiger partial charge < -0.3 is 5.32 Å². The van der Waals surface area contributed by atoms with Crippen molar-refractivity contribution in [3.63, 3.8) is 0 Å². The Hall–Kier alpha value is -0.0331. The minimum absolute atomic E-state index is 0.346. The molecule has 0 aliphatic heterocycles. The van der Waals surface area contributed by atoms with Crippen molar-refractivity contribution in [3.05, 3.63) is 0 Å². The monoisotopic (exact) mass is 185 g/mol. The summed E-state index contributed by atoms with van der Waals surface area (Å²) in [6.07, 6.45) is 0. The van der Waals surface area contributed by atoms with Crippen molar-refractivity contribution >= 4 is 9.08 Å². The summed E-state index contributed by atoms with van der Waals surface area (Å²) in [5, 5.41) is 2.46. The Kier molecular flexibility index (Phi) is 4.10. The Morgan fingerprint density at radius 2 is 1.73 bits per heavy atom. The fourth-order valence-electron chi connectivity index (χ4n) is 0.949. The number of hydrogen-bond acceptors (Lipinski definition) is 1. The molecule has 0 saturated heterocycles. The molecule has 0 aromatic rings. The highest BCUT2D eigenvalue weighted by atomic mass is 28.5. The molecule has 5 heteroatoms. The van der Waals surface area contributed by atoms with Crippen LogP contribution in [0.15, 0.2) is 0 Å². The number of halogens is 3. The van der Waals surface area contributed by atoms with Gasteiger partial charge in [-0.25, -0.2) is 12.3 Å². The Morgan fingerprint density at radius 1 is 1.27 bits per heavy atom. The Labute approximate surface area is 66.5 Å². The largest absolute Gasteiger partial charge is 0.634 e. The lowest BCUT2D eigenvalue weighted by Gasteiger charge is -2.21. The van der Waals surface area contributed by atoms with E-state index in [9.17, 15) is 12.3 Å². The van der Waals surface area contributed by atoms with Gasteiger partial charge in [-0.15, -0.1) is 0 Å². The van der Waals surface area contributed by atoms with Crippen LogP contribution in [0.1, 0.15) is 20.8 Å². The molecule has 0 rings (SSSR count). The van der Waals surface area contributed by atoms with E-state index in [1.165, 1.54) is 0 Å². The van der Waals surface area contributed by atoms with Crippen molar-refractivity contribution in [1.29, 1.82) is 0 Å². The first-order valence-electron chi connectivity index (χ1n) is 3.69. The first-order chi connectivity index (χ1) is 4.89. The second-order valence-electron chi connectivity index (χ2n) is 2.82. The second-order valence-corrected chi connectivity index (χ2v) is 4.53. The normalized spacial score (nSPS) is 15.5. The van der Waals surface area contributed by atoms with Gasteiger partial charge in [0, 0.05) is 0 Å². The standard InChI is InChI=1S/C6H14F3NSi/c1-4-10-6(5(2)3)11(7,8)9/h5-6,10H,4H2,1-3H3. The highest BCUT2D eigenvalue weighted by Crippen LogP contribution is 2.19. The lowest BCUT2D eigenvalue weighted by molar-refractivity contribution is 0.361. The van der Waals surface area contributed by atoms with Gasteiger partial charge in [-0.3, -0.25) is 0 Å². The Bertz CT molecular complexity index is 113. The van der Waals surface area contributed by atoms with Crippen LogP contribution in [0.4, 0.5) is 12.3 Å². The summed E-state index contributed by atoms with van der Waals surface area (Å²) in [6, 6.07) is 0. The summed E-state index contributed by atoms with van der Waals surface area (Å²) in [5.74, 6) is -0.346. The van der Waals surface area contributed by atoms with Crippen molar-refractivity contribution in [2.45, 2.75) is 26.4 Å². The molecule has 0 heterocycles. The molecular formula is C6H14F3NSi. The number of hydrogen-bond donors (Lipinski definition) is 1. The third-order valence-corrected chi connectivity index (χ3v) is 3.02. The number of rotatable bonds is 4. The van der Waals surface area contributed by atoms with Crippen LogP contribution in [0.3, 0.4) is 0 Å². The zero-order chi connectivity index (χ0) is 9.07. The zero-order valence-corrected chi connectivity index (χ0v) is 8.00. The summed E-state index contributed by atoms with van der Waals surface area (Å²) in [6.45, 7) is 5.26. The molecule has 0 radical (unpaired) electrons. The summed E-state index contributed by atoms with van der Waals surface area (Å²) >= 11 is 0. The second kappa shape index (κ2) is 4.11. The van der Waals surface area contributed by atoms with Crippen molar-refractivity contribution in [1.82, 2.24) is 5.32 Å². The molecule has 68 valence electrons. The van der Waals surface area contributed by atoms with Gasteiger partial charge in [-0.1, -0.05) is 20.8 Å². The van der Waals surface area contributed by atoms with Crippen LogP contribution >= 0.6 is 0 Å². The van der Waals surface area contributed by atoms with E-state index >= 15 is 0 Å². The van der Waals surface area contributed by atoms with Crippen LogP contribution in [-0.2, 0) is 0 Å². The van der Waals surface area contributed by atoms with E-state index < -0.39 is 14.7 Å². The van der Waals surface area contributed by atoms with Crippen LogP contribution in [0.5, 0.6) is 0 Å². The van der Waals surface area contributed by atoms with E-state index in [0.717, 1.165) is 0 Å². The van der Waals surface area contributed by atoms with Crippen LogP contribution in [0.2, 0.25) is 0 Å². The fraction of sp³-hybridized carbons (Fsp3) is 1.00. The summed E-state index contributed by atoms with van der Waals surface area (Å²) in [4.78, 5) is 0. The molecule has 1 unspecified atom stereocenters. The van der Waals surface area contributed by atoms with E-state index in [1.807, 2.05) is 0 Å². The summed E-state index contributed by atoms with van der Waals surface area (Å²) in [7, 11) is -5.48. The fourth-order valence-corrected chi connectivity index (χ4v) is 2.14. The highest BCUT2D eigenvalue weighted by Gasteiger charge is 2.48. The van der Waals surface area contributed by atoms with Crippen LogP contribution < -0.4 is 5.32 Å². The van der Waals surface area contributed by atoms with Gasteiger partial charge in [0.05, 0.1) is 5.67 Å². The molecule has 0 spiro atoms.